The van der Waals surface area contributed by atoms with Gasteiger partial charge in [0.2, 0.25) is 11.5 Å². The van der Waals surface area contributed by atoms with Gasteiger partial charge in [-0.1, -0.05) is 0 Å². The maximum Gasteiger partial charge on any atom is 0.342 e. The van der Waals surface area contributed by atoms with Crippen molar-refractivity contribution in [1.29, 1.82) is 0 Å². The molecule has 1 aliphatic carbocycles. The van der Waals surface area contributed by atoms with Gasteiger partial charge in [-0.25, -0.2) is 17.6 Å². The highest BCUT2D eigenvalue weighted by atomic mass is 79.9. The first-order valence-electron chi connectivity index (χ1n) is 4.67. The van der Waals surface area contributed by atoms with Crippen LogP contribution in [0.5, 0.6) is 0 Å². The van der Waals surface area contributed by atoms with Gasteiger partial charge in [0.25, 0.3) is 0 Å². The molecule has 1 aromatic heterocycles. The lowest BCUT2D eigenvalue weighted by Crippen LogP contribution is -2.44. The number of hydrogen-bond acceptors (Lipinski definition) is 1. The Morgan fingerprint density at radius 1 is 1.28 bits per heavy atom. The Kier molecular flexibility index (Phi) is 3.09. The number of allylic oxidation sites excluding steroid dienone is 2. The van der Waals surface area contributed by atoms with Gasteiger partial charge < -0.3 is 0 Å². The van der Waals surface area contributed by atoms with E-state index in [4.69, 9.17) is 0 Å². The van der Waals surface area contributed by atoms with E-state index in [0.29, 0.717) is 0 Å². The average Bonchev–Trinajstić information content (AvgIpc) is 2.68. The summed E-state index contributed by atoms with van der Waals surface area (Å²) >= 11 is 3.80. The fraction of sp³-hybridized carbons (Fsp3) is 0.400. The van der Waals surface area contributed by atoms with Crippen molar-refractivity contribution in [2.75, 3.05) is 0 Å². The van der Waals surface area contributed by atoms with Gasteiger partial charge in [-0.15, -0.1) is 11.3 Å². The molecule has 0 nitrogen and oxygen atoms in total. The lowest BCUT2D eigenvalue weighted by molar-refractivity contribution is -0.136. The second-order valence-corrected chi connectivity index (χ2v) is 6.47. The van der Waals surface area contributed by atoms with Crippen LogP contribution in [0.2, 0.25) is 0 Å². The minimum atomic E-state index is -4.86. The summed E-state index contributed by atoms with van der Waals surface area (Å²) in [5, 5.41) is 0. The van der Waals surface area contributed by atoms with E-state index >= 15 is 0 Å². The van der Waals surface area contributed by atoms with Crippen molar-refractivity contribution in [3.05, 3.63) is 31.9 Å². The van der Waals surface area contributed by atoms with Crippen molar-refractivity contribution in [2.24, 2.45) is 0 Å². The summed E-state index contributed by atoms with van der Waals surface area (Å²) in [6.07, 6.45) is -3.35. The first-order valence-corrected chi connectivity index (χ1v) is 6.27. The van der Waals surface area contributed by atoms with Crippen LogP contribution < -0.4 is 0 Å². The van der Waals surface area contributed by atoms with Crippen molar-refractivity contribution in [2.45, 2.75) is 24.7 Å². The van der Waals surface area contributed by atoms with Gasteiger partial charge in [0, 0.05) is 10.4 Å². The molecule has 2 atom stereocenters. The summed E-state index contributed by atoms with van der Waals surface area (Å²) in [5.74, 6) is -9.93. The van der Waals surface area contributed by atoms with E-state index in [1.54, 1.807) is 0 Å². The second kappa shape index (κ2) is 4.00. The highest BCUT2D eigenvalue weighted by molar-refractivity contribution is 9.11. The molecule has 0 saturated carbocycles. The van der Waals surface area contributed by atoms with E-state index in [0.717, 1.165) is 17.4 Å². The monoisotopic (exact) mass is 350 g/mol. The topological polar surface area (TPSA) is 0 Å². The van der Waals surface area contributed by atoms with Crippen LogP contribution >= 0.6 is 27.3 Å². The lowest BCUT2D eigenvalue weighted by atomic mass is 9.89. The molecule has 0 amide bonds. The normalized spacial score (nSPS) is 31.2. The Balaban J connectivity index is 2.66. The molecule has 18 heavy (non-hydrogen) atoms. The predicted molar refractivity (Wildman–Crippen MR) is 58.6 cm³/mol. The molecule has 0 aliphatic heterocycles. The fourth-order valence-corrected chi connectivity index (χ4v) is 3.61. The fourth-order valence-electron chi connectivity index (χ4n) is 1.87. The summed E-state index contributed by atoms with van der Waals surface area (Å²) in [4.78, 5) is 0.0224. The smallest absolute Gasteiger partial charge is 0.235 e. The number of halogens is 7. The van der Waals surface area contributed by atoms with Crippen LogP contribution in [0.3, 0.4) is 0 Å². The zero-order chi connectivity index (χ0) is 13.9. The molecule has 0 saturated heterocycles. The second-order valence-electron chi connectivity index (χ2n) is 3.83. The summed E-state index contributed by atoms with van der Waals surface area (Å²) in [6, 6.07) is 0.909. The zero-order valence-electron chi connectivity index (χ0n) is 8.71. The molecule has 0 N–H and O–H groups in total. The third kappa shape index (κ3) is 1.51. The molecule has 100 valence electrons. The van der Waals surface area contributed by atoms with Gasteiger partial charge in [0.1, 0.15) is 0 Å². The molecule has 0 aromatic carbocycles. The van der Waals surface area contributed by atoms with E-state index in [1.807, 2.05) is 0 Å². The highest BCUT2D eigenvalue weighted by Crippen LogP contribution is 2.59. The van der Waals surface area contributed by atoms with Crippen LogP contribution in [-0.4, -0.2) is 12.1 Å². The summed E-state index contributed by atoms with van der Waals surface area (Å²) in [7, 11) is 0. The van der Waals surface area contributed by atoms with Crippen molar-refractivity contribution < 1.29 is 26.3 Å². The number of rotatable bonds is 1. The molecule has 2 unspecified atom stereocenters. The Morgan fingerprint density at radius 2 is 1.83 bits per heavy atom. The van der Waals surface area contributed by atoms with Gasteiger partial charge >= 0.3 is 5.92 Å². The van der Waals surface area contributed by atoms with Crippen molar-refractivity contribution in [3.8, 4) is 0 Å². The third-order valence-corrected chi connectivity index (χ3v) is 4.35. The minimum absolute atomic E-state index is 0.0224. The van der Waals surface area contributed by atoms with Crippen molar-refractivity contribution in [3.63, 3.8) is 0 Å². The van der Waals surface area contributed by atoms with E-state index in [1.165, 1.54) is 6.92 Å². The zero-order valence-corrected chi connectivity index (χ0v) is 11.1. The Labute approximate surface area is 110 Å². The Hall–Kier alpha value is -0.500. The van der Waals surface area contributed by atoms with Crippen LogP contribution in [0.4, 0.5) is 26.3 Å². The summed E-state index contributed by atoms with van der Waals surface area (Å²) in [5.41, 5.74) is -4.80. The quantitative estimate of drug-likeness (QED) is 0.616. The van der Waals surface area contributed by atoms with E-state index in [9.17, 15) is 26.3 Å². The van der Waals surface area contributed by atoms with Crippen LogP contribution in [0.15, 0.2) is 21.5 Å². The maximum atomic E-state index is 14.3. The third-order valence-electron chi connectivity index (χ3n) is 2.79. The van der Waals surface area contributed by atoms with E-state index in [-0.39, 0.29) is 8.66 Å². The van der Waals surface area contributed by atoms with Crippen LogP contribution in [0.1, 0.15) is 10.4 Å². The average molecular weight is 351 g/mol. The van der Waals surface area contributed by atoms with Crippen molar-refractivity contribution >= 4 is 27.3 Å². The number of alkyl halides is 4. The predicted octanol–water partition coefficient (Wildman–Crippen LogP) is 5.12. The molecular weight excluding hydrogens is 346 g/mol. The largest absolute Gasteiger partial charge is 0.342 e. The summed E-state index contributed by atoms with van der Waals surface area (Å²) < 4.78 is 80.8. The molecule has 2 rings (SSSR count). The number of thiophene rings is 1. The van der Waals surface area contributed by atoms with E-state index < -0.39 is 35.0 Å². The molecule has 0 bridgehead atoms. The van der Waals surface area contributed by atoms with Crippen LogP contribution in [0, 0.1) is 6.92 Å². The Bertz CT molecular complexity index is 536. The van der Waals surface area contributed by atoms with Gasteiger partial charge in [0.15, 0.2) is 12.0 Å². The highest BCUT2D eigenvalue weighted by Gasteiger charge is 2.72. The van der Waals surface area contributed by atoms with Crippen LogP contribution in [0.25, 0.3) is 0 Å². The summed E-state index contributed by atoms with van der Waals surface area (Å²) in [6.45, 7) is 1.27. The van der Waals surface area contributed by atoms with Gasteiger partial charge in [-0.2, -0.15) is 8.78 Å². The Morgan fingerprint density at radius 3 is 2.17 bits per heavy atom. The van der Waals surface area contributed by atoms with Crippen LogP contribution in [-0.2, 0) is 5.67 Å². The first kappa shape index (κ1) is 13.9. The molecule has 0 spiro atoms. The SMILES string of the molecule is Cc1sc(Br)cc1C1(F)C(F)C(F)=C(F)C1(F)F. The van der Waals surface area contributed by atoms with Gasteiger partial charge in [0.05, 0.1) is 3.79 Å². The molecule has 0 radical (unpaired) electrons. The molecule has 8 heteroatoms. The van der Waals surface area contributed by atoms with Crippen molar-refractivity contribution in [1.82, 2.24) is 0 Å². The molecular formula is C10H5BrF6S. The maximum absolute atomic E-state index is 14.3. The number of aryl methyl sites for hydroxylation is 1. The molecule has 1 aliphatic rings. The first-order chi connectivity index (χ1) is 8.14. The van der Waals surface area contributed by atoms with E-state index in [2.05, 4.69) is 15.9 Å². The van der Waals surface area contributed by atoms with Gasteiger partial charge in [-0.3, -0.25) is 0 Å². The molecule has 0 fully saturated rings. The standard InChI is InChI=1S/C10H5BrF6S/c1-3-4(2-5(11)18-3)9(15)7(13)6(12)8(14)10(9,16)17/h2,7H,1H3. The lowest BCUT2D eigenvalue weighted by Gasteiger charge is -2.28. The van der Waals surface area contributed by atoms with Gasteiger partial charge in [-0.05, 0) is 28.9 Å². The number of hydrogen-bond donors (Lipinski definition) is 0. The molecule has 1 heterocycles. The minimum Gasteiger partial charge on any atom is -0.235 e. The molecule has 1 aromatic rings.